The molecule has 0 amide bonds. The number of carboxylic acid groups (broad SMARTS) is 1. The summed E-state index contributed by atoms with van der Waals surface area (Å²) in [5.74, 6) is -0.283. The molecule has 3 aromatic rings. The van der Waals surface area contributed by atoms with E-state index in [1.54, 1.807) is 12.4 Å². The van der Waals surface area contributed by atoms with Crippen molar-refractivity contribution in [1.29, 1.82) is 0 Å². The third-order valence-corrected chi connectivity index (χ3v) is 7.22. The van der Waals surface area contributed by atoms with Crippen LogP contribution in [-0.4, -0.2) is 31.1 Å². The largest absolute Gasteiger partial charge is 0.481 e. The fraction of sp³-hybridized carbons (Fsp3) is 0.417. The zero-order valence-corrected chi connectivity index (χ0v) is 19.4. The van der Waals surface area contributed by atoms with Gasteiger partial charge in [0.2, 0.25) is 5.95 Å². The first-order chi connectivity index (χ1) is 15.1. The fourth-order valence-corrected chi connectivity index (χ4v) is 5.67. The molecule has 1 fully saturated rings. The molecule has 1 aliphatic carbocycles. The lowest BCUT2D eigenvalue weighted by atomic mass is 9.67. The maximum atomic E-state index is 11.4. The van der Waals surface area contributed by atoms with Crippen LogP contribution in [0, 0.1) is 19.3 Å². The Hall–Kier alpha value is -2.84. The zero-order chi connectivity index (χ0) is 22.9. The number of thiazole rings is 1. The molecule has 4 rings (SSSR count). The quantitative estimate of drug-likeness (QED) is 0.471. The molecule has 7 nitrogen and oxygen atoms in total. The van der Waals surface area contributed by atoms with Gasteiger partial charge in [-0.3, -0.25) is 4.79 Å². The van der Waals surface area contributed by atoms with Gasteiger partial charge in [-0.05, 0) is 74.3 Å². The number of benzene rings is 1. The summed E-state index contributed by atoms with van der Waals surface area (Å²) in [5.41, 5.74) is 2.32. The average molecular weight is 453 g/mol. The average Bonchev–Trinajstić information content (AvgIpc) is 3.17. The van der Waals surface area contributed by atoms with E-state index < -0.39 is 17.0 Å². The van der Waals surface area contributed by atoms with Crippen LogP contribution < -0.4 is 5.32 Å². The highest BCUT2D eigenvalue weighted by Crippen LogP contribution is 2.49. The number of aliphatic hydroxyl groups is 1. The van der Waals surface area contributed by atoms with E-state index >= 15 is 0 Å². The number of nitrogens with zero attached hydrogens (tertiary/aromatic N) is 3. The first-order valence-electron chi connectivity index (χ1n) is 10.7. The number of hydrogen-bond donors (Lipinski definition) is 3. The standard InChI is InChI=1S/C24H28N4O3S/c1-15-9-17(11-18(10-15)28-22-25-8-5-16(2)27-22)19-13-26-21(32-19)24(31)7-4-6-23(3,14-24)12-20(29)30/h5,8-11,13,31H,4,6-7,12,14H2,1-3H3,(H,29,30)(H,25,27,28). The van der Waals surface area contributed by atoms with Gasteiger partial charge in [-0.1, -0.05) is 13.0 Å². The molecule has 2 heterocycles. The molecule has 0 aliphatic heterocycles. The summed E-state index contributed by atoms with van der Waals surface area (Å²) < 4.78 is 0. The van der Waals surface area contributed by atoms with Gasteiger partial charge < -0.3 is 15.5 Å². The number of aryl methyl sites for hydroxylation is 2. The van der Waals surface area contributed by atoms with Crippen molar-refractivity contribution < 1.29 is 15.0 Å². The highest BCUT2D eigenvalue weighted by Gasteiger charge is 2.44. The number of anilines is 2. The van der Waals surface area contributed by atoms with E-state index in [9.17, 15) is 15.0 Å². The first kappa shape index (κ1) is 22.4. The van der Waals surface area contributed by atoms with Crippen molar-refractivity contribution in [3.63, 3.8) is 0 Å². The smallest absolute Gasteiger partial charge is 0.303 e. The first-order valence-corrected chi connectivity index (χ1v) is 11.6. The Morgan fingerprint density at radius 1 is 1.22 bits per heavy atom. The lowest BCUT2D eigenvalue weighted by molar-refractivity contribution is -0.142. The van der Waals surface area contributed by atoms with Crippen molar-refractivity contribution >= 4 is 28.9 Å². The number of aliphatic carboxylic acids is 1. The van der Waals surface area contributed by atoms with Gasteiger partial charge in [0, 0.05) is 23.8 Å². The molecule has 8 heteroatoms. The molecule has 0 saturated heterocycles. The summed E-state index contributed by atoms with van der Waals surface area (Å²) in [6.07, 6.45) is 6.16. The third kappa shape index (κ3) is 4.97. The van der Waals surface area contributed by atoms with Crippen LogP contribution in [0.3, 0.4) is 0 Å². The summed E-state index contributed by atoms with van der Waals surface area (Å²) in [6, 6.07) is 7.99. The normalized spacial score (nSPS) is 23.1. The van der Waals surface area contributed by atoms with E-state index in [0.717, 1.165) is 40.2 Å². The molecular weight excluding hydrogens is 424 g/mol. The van der Waals surface area contributed by atoms with Crippen LogP contribution in [0.25, 0.3) is 10.4 Å². The Morgan fingerprint density at radius 3 is 2.78 bits per heavy atom. The SMILES string of the molecule is Cc1cc(Nc2nccc(C)n2)cc(-c2cnc(C3(O)CCCC(C)(CC(=O)O)C3)s2)c1. The lowest BCUT2D eigenvalue weighted by Crippen LogP contribution is -2.39. The van der Waals surface area contributed by atoms with Gasteiger partial charge in [0.05, 0.1) is 11.3 Å². The molecule has 0 radical (unpaired) electrons. The van der Waals surface area contributed by atoms with Crippen LogP contribution in [0.5, 0.6) is 0 Å². The number of rotatable bonds is 6. The van der Waals surface area contributed by atoms with Gasteiger partial charge in [-0.15, -0.1) is 11.3 Å². The molecule has 168 valence electrons. The molecule has 1 aromatic carbocycles. The Kier molecular flexibility index (Phi) is 6.01. The molecular formula is C24H28N4O3S. The molecule has 0 bridgehead atoms. The molecule has 2 atom stereocenters. The van der Waals surface area contributed by atoms with E-state index in [-0.39, 0.29) is 6.42 Å². The summed E-state index contributed by atoms with van der Waals surface area (Å²) in [5, 5.41) is 24.6. The highest BCUT2D eigenvalue weighted by molar-refractivity contribution is 7.15. The summed E-state index contributed by atoms with van der Waals surface area (Å²) in [6.45, 7) is 5.90. The fourth-order valence-electron chi connectivity index (χ4n) is 4.65. The van der Waals surface area contributed by atoms with E-state index in [1.807, 2.05) is 39.0 Å². The van der Waals surface area contributed by atoms with Gasteiger partial charge in [0.1, 0.15) is 10.6 Å². The molecule has 1 aliphatic rings. The molecule has 2 unspecified atom stereocenters. The molecule has 0 spiro atoms. The number of hydrogen-bond acceptors (Lipinski definition) is 7. The van der Waals surface area contributed by atoms with E-state index in [4.69, 9.17) is 0 Å². The topological polar surface area (TPSA) is 108 Å². The van der Waals surface area contributed by atoms with Gasteiger partial charge in [-0.25, -0.2) is 15.0 Å². The van der Waals surface area contributed by atoms with E-state index in [1.165, 1.54) is 11.3 Å². The van der Waals surface area contributed by atoms with Crippen LogP contribution in [0.1, 0.15) is 55.3 Å². The number of carboxylic acids is 1. The second-order valence-corrected chi connectivity index (χ2v) is 10.2. The van der Waals surface area contributed by atoms with E-state index in [0.29, 0.717) is 23.8 Å². The Bertz CT molecular complexity index is 1150. The minimum Gasteiger partial charge on any atom is -0.481 e. The minimum absolute atomic E-state index is 0.0570. The summed E-state index contributed by atoms with van der Waals surface area (Å²) in [4.78, 5) is 25.5. The van der Waals surface area contributed by atoms with Gasteiger partial charge in [0.25, 0.3) is 0 Å². The monoisotopic (exact) mass is 452 g/mol. The Balaban J connectivity index is 1.59. The second-order valence-electron chi connectivity index (χ2n) is 9.21. The molecule has 32 heavy (non-hydrogen) atoms. The van der Waals surface area contributed by atoms with Crippen LogP contribution in [0.15, 0.2) is 36.7 Å². The number of carbonyl (C=O) groups is 1. The van der Waals surface area contributed by atoms with Crippen molar-refractivity contribution in [2.75, 3.05) is 5.32 Å². The van der Waals surface area contributed by atoms with Crippen molar-refractivity contribution in [2.45, 2.75) is 58.5 Å². The maximum absolute atomic E-state index is 11.4. The number of nitrogens with one attached hydrogen (secondary N) is 1. The second kappa shape index (κ2) is 8.60. The van der Waals surface area contributed by atoms with Gasteiger partial charge in [0.15, 0.2) is 0 Å². The third-order valence-electron chi connectivity index (χ3n) is 5.98. The van der Waals surface area contributed by atoms with Crippen LogP contribution in [0.2, 0.25) is 0 Å². The zero-order valence-electron chi connectivity index (χ0n) is 18.6. The Labute approximate surface area is 191 Å². The van der Waals surface area contributed by atoms with Crippen molar-refractivity contribution in [3.05, 3.63) is 52.9 Å². The van der Waals surface area contributed by atoms with E-state index in [2.05, 4.69) is 26.3 Å². The van der Waals surface area contributed by atoms with Crippen LogP contribution in [0.4, 0.5) is 11.6 Å². The predicted molar refractivity (Wildman–Crippen MR) is 125 cm³/mol. The van der Waals surface area contributed by atoms with Crippen LogP contribution in [-0.2, 0) is 10.4 Å². The molecule has 3 N–H and O–H groups in total. The molecule has 2 aromatic heterocycles. The minimum atomic E-state index is -1.09. The maximum Gasteiger partial charge on any atom is 0.303 e. The van der Waals surface area contributed by atoms with Gasteiger partial charge >= 0.3 is 5.97 Å². The van der Waals surface area contributed by atoms with Crippen molar-refractivity contribution in [1.82, 2.24) is 15.0 Å². The van der Waals surface area contributed by atoms with Crippen molar-refractivity contribution in [3.8, 4) is 10.4 Å². The highest BCUT2D eigenvalue weighted by atomic mass is 32.1. The summed E-state index contributed by atoms with van der Waals surface area (Å²) >= 11 is 1.47. The summed E-state index contributed by atoms with van der Waals surface area (Å²) in [7, 11) is 0. The van der Waals surface area contributed by atoms with Gasteiger partial charge in [-0.2, -0.15) is 0 Å². The Morgan fingerprint density at radius 2 is 2.03 bits per heavy atom. The lowest BCUT2D eigenvalue weighted by Gasteiger charge is -2.41. The van der Waals surface area contributed by atoms with Crippen LogP contribution >= 0.6 is 11.3 Å². The van der Waals surface area contributed by atoms with Crippen molar-refractivity contribution in [2.24, 2.45) is 5.41 Å². The number of aromatic nitrogens is 3. The predicted octanol–water partition coefficient (Wildman–Crippen LogP) is 5.20. The molecule has 1 saturated carbocycles.